The summed E-state index contributed by atoms with van der Waals surface area (Å²) in [6.45, 7) is 3.50. The highest BCUT2D eigenvalue weighted by atomic mass is 35.5. The van der Waals surface area contributed by atoms with Gasteiger partial charge >= 0.3 is 12.0 Å². The predicted molar refractivity (Wildman–Crippen MR) is 82.6 cm³/mol. The number of carboxylic acids is 1. The number of pyridine rings is 1. The van der Waals surface area contributed by atoms with Crippen molar-refractivity contribution in [3.8, 4) is 0 Å². The summed E-state index contributed by atoms with van der Waals surface area (Å²) >= 11 is 7.05. The Morgan fingerprint density at radius 3 is 2.67 bits per heavy atom. The number of aryl methyl sites for hydroxylation is 1. The molecule has 0 aliphatic heterocycles. The topological polar surface area (TPSA) is 91.3 Å². The highest BCUT2D eigenvalue weighted by molar-refractivity contribution is 7.16. The highest BCUT2D eigenvalue weighted by Crippen LogP contribution is 2.32. The van der Waals surface area contributed by atoms with Crippen LogP contribution < -0.4 is 10.6 Å². The lowest BCUT2D eigenvalue weighted by atomic mass is 10.1. The van der Waals surface area contributed by atoms with Crippen molar-refractivity contribution in [3.05, 3.63) is 39.5 Å². The van der Waals surface area contributed by atoms with Gasteiger partial charge in [0.25, 0.3) is 0 Å². The number of nitrogens with one attached hydrogen (secondary N) is 2. The molecule has 0 saturated carbocycles. The van der Waals surface area contributed by atoms with Crippen molar-refractivity contribution in [2.45, 2.75) is 13.8 Å². The number of halogens is 1. The van der Waals surface area contributed by atoms with Crippen molar-refractivity contribution in [1.82, 2.24) is 4.98 Å². The second-order valence-electron chi connectivity index (χ2n) is 4.21. The number of thiophene rings is 1. The number of hydrogen-bond donors (Lipinski definition) is 3. The first-order chi connectivity index (χ1) is 9.90. The summed E-state index contributed by atoms with van der Waals surface area (Å²) in [6, 6.07) is 2.65. The molecule has 0 spiro atoms. The zero-order valence-electron chi connectivity index (χ0n) is 11.2. The quantitative estimate of drug-likeness (QED) is 0.749. The van der Waals surface area contributed by atoms with Gasteiger partial charge in [-0.15, -0.1) is 11.3 Å². The van der Waals surface area contributed by atoms with E-state index >= 15 is 0 Å². The number of anilines is 2. The van der Waals surface area contributed by atoms with Crippen LogP contribution >= 0.6 is 22.9 Å². The average molecular weight is 326 g/mol. The van der Waals surface area contributed by atoms with Gasteiger partial charge in [0.15, 0.2) is 5.15 Å². The van der Waals surface area contributed by atoms with Crippen molar-refractivity contribution in [3.63, 3.8) is 0 Å². The molecule has 2 heterocycles. The van der Waals surface area contributed by atoms with Crippen molar-refractivity contribution in [2.75, 3.05) is 10.6 Å². The molecular formula is C13H12ClN3O3S. The first kappa shape index (κ1) is 15.3. The third-order valence-corrected chi connectivity index (χ3v) is 4.26. The molecule has 110 valence electrons. The van der Waals surface area contributed by atoms with Crippen LogP contribution in [0.4, 0.5) is 15.5 Å². The molecule has 2 aromatic heterocycles. The normalized spacial score (nSPS) is 10.2. The molecular weight excluding hydrogens is 314 g/mol. The fraction of sp³-hybridized carbons (Fsp3) is 0.154. The van der Waals surface area contributed by atoms with Crippen LogP contribution in [0.2, 0.25) is 5.15 Å². The van der Waals surface area contributed by atoms with E-state index in [1.54, 1.807) is 26.0 Å². The molecule has 0 radical (unpaired) electrons. The maximum Gasteiger partial charge on any atom is 0.338 e. The molecule has 21 heavy (non-hydrogen) atoms. The van der Waals surface area contributed by atoms with Crippen molar-refractivity contribution >= 4 is 45.6 Å². The molecule has 2 aromatic rings. The van der Waals surface area contributed by atoms with E-state index in [0.717, 1.165) is 4.88 Å². The lowest BCUT2D eigenvalue weighted by molar-refractivity contribution is 0.0697. The predicted octanol–water partition coefficient (Wildman–Crippen LogP) is 3.76. The zero-order valence-corrected chi connectivity index (χ0v) is 12.8. The van der Waals surface area contributed by atoms with E-state index in [1.165, 1.54) is 17.5 Å². The number of aromatic nitrogens is 1. The van der Waals surface area contributed by atoms with E-state index in [2.05, 4.69) is 15.6 Å². The summed E-state index contributed by atoms with van der Waals surface area (Å²) in [4.78, 5) is 27.9. The van der Waals surface area contributed by atoms with Gasteiger partial charge in [0.05, 0.1) is 11.3 Å². The molecule has 0 fully saturated rings. The van der Waals surface area contributed by atoms with E-state index in [0.29, 0.717) is 11.3 Å². The lowest BCUT2D eigenvalue weighted by Gasteiger charge is -2.07. The number of aromatic carboxylic acids is 1. The number of carbonyl (C=O) groups excluding carboxylic acids is 1. The van der Waals surface area contributed by atoms with Crippen LogP contribution in [0.3, 0.4) is 0 Å². The molecule has 0 aliphatic carbocycles. The minimum absolute atomic E-state index is 0.102. The minimum Gasteiger partial charge on any atom is -0.478 e. The Morgan fingerprint density at radius 1 is 1.33 bits per heavy atom. The summed E-state index contributed by atoms with van der Waals surface area (Å²) in [7, 11) is 0. The molecule has 0 bridgehead atoms. The van der Waals surface area contributed by atoms with Gasteiger partial charge in [0.1, 0.15) is 5.00 Å². The van der Waals surface area contributed by atoms with Crippen LogP contribution in [0.25, 0.3) is 0 Å². The summed E-state index contributed by atoms with van der Waals surface area (Å²) in [5, 5.41) is 14.7. The number of amides is 2. The molecule has 0 atom stereocenters. The van der Waals surface area contributed by atoms with Crippen molar-refractivity contribution in [2.24, 2.45) is 0 Å². The number of carboxylic acid groups (broad SMARTS) is 1. The van der Waals surface area contributed by atoms with Crippen LogP contribution in [0.1, 0.15) is 20.8 Å². The molecule has 0 aliphatic rings. The second kappa shape index (κ2) is 6.11. The largest absolute Gasteiger partial charge is 0.478 e. The van der Waals surface area contributed by atoms with Crippen LogP contribution in [-0.2, 0) is 0 Å². The Morgan fingerprint density at radius 2 is 2.05 bits per heavy atom. The first-order valence-corrected chi connectivity index (χ1v) is 7.11. The standard InChI is InChI=1S/C13H12ClN3O3S/c1-6-7(2)21-11(9(6)12(18)19)17-13(20)16-8-4-3-5-15-10(8)14/h3-5H,1-2H3,(H,18,19)(H2,16,17,20). The Bertz CT molecular complexity index is 715. The summed E-state index contributed by atoms with van der Waals surface area (Å²) < 4.78 is 0. The maximum absolute atomic E-state index is 11.9. The van der Waals surface area contributed by atoms with Gasteiger partial charge in [-0.2, -0.15) is 0 Å². The SMILES string of the molecule is Cc1sc(NC(=O)Nc2cccnc2Cl)c(C(=O)O)c1C. The molecule has 8 heteroatoms. The summed E-state index contributed by atoms with van der Waals surface area (Å²) in [5.74, 6) is -1.08. The zero-order chi connectivity index (χ0) is 15.6. The molecule has 0 aromatic carbocycles. The average Bonchev–Trinajstić information content (AvgIpc) is 2.67. The van der Waals surface area contributed by atoms with E-state index in [9.17, 15) is 14.7 Å². The molecule has 2 rings (SSSR count). The van der Waals surface area contributed by atoms with E-state index in [1.807, 2.05) is 0 Å². The van der Waals surface area contributed by atoms with Gasteiger partial charge in [0.2, 0.25) is 0 Å². The Balaban J connectivity index is 2.19. The Labute approximate surface area is 129 Å². The number of hydrogen-bond acceptors (Lipinski definition) is 4. The number of carbonyl (C=O) groups is 2. The van der Waals surface area contributed by atoms with Crippen LogP contribution in [0, 0.1) is 13.8 Å². The van der Waals surface area contributed by atoms with E-state index in [4.69, 9.17) is 11.6 Å². The molecule has 0 saturated heterocycles. The number of rotatable bonds is 3. The Hall–Kier alpha value is -2.12. The van der Waals surface area contributed by atoms with Gasteiger partial charge in [0, 0.05) is 11.1 Å². The molecule has 0 unspecified atom stereocenters. The van der Waals surface area contributed by atoms with E-state index in [-0.39, 0.29) is 15.7 Å². The third-order valence-electron chi connectivity index (χ3n) is 2.83. The van der Waals surface area contributed by atoms with Crippen molar-refractivity contribution in [1.29, 1.82) is 0 Å². The van der Waals surface area contributed by atoms with Gasteiger partial charge in [-0.1, -0.05) is 11.6 Å². The highest BCUT2D eigenvalue weighted by Gasteiger charge is 2.20. The first-order valence-electron chi connectivity index (χ1n) is 5.92. The number of nitrogens with zero attached hydrogens (tertiary/aromatic N) is 1. The van der Waals surface area contributed by atoms with Crippen LogP contribution in [0.5, 0.6) is 0 Å². The summed E-state index contributed by atoms with van der Waals surface area (Å²) in [6.07, 6.45) is 1.50. The third kappa shape index (κ3) is 3.32. The van der Waals surface area contributed by atoms with Crippen molar-refractivity contribution < 1.29 is 14.7 Å². The monoisotopic (exact) mass is 325 g/mol. The second-order valence-corrected chi connectivity index (χ2v) is 5.80. The maximum atomic E-state index is 11.9. The fourth-order valence-electron chi connectivity index (χ4n) is 1.71. The molecule has 2 amide bonds. The van der Waals surface area contributed by atoms with Gasteiger partial charge in [-0.05, 0) is 31.5 Å². The minimum atomic E-state index is -1.08. The van der Waals surface area contributed by atoms with Gasteiger partial charge < -0.3 is 10.4 Å². The molecule has 3 N–H and O–H groups in total. The van der Waals surface area contributed by atoms with Gasteiger partial charge in [-0.3, -0.25) is 5.32 Å². The van der Waals surface area contributed by atoms with E-state index < -0.39 is 12.0 Å². The molecule has 6 nitrogen and oxygen atoms in total. The van der Waals surface area contributed by atoms with Gasteiger partial charge in [-0.25, -0.2) is 14.6 Å². The lowest BCUT2D eigenvalue weighted by Crippen LogP contribution is -2.20. The van der Waals surface area contributed by atoms with Crippen LogP contribution in [-0.4, -0.2) is 22.1 Å². The number of urea groups is 1. The van der Waals surface area contributed by atoms with Crippen LogP contribution in [0.15, 0.2) is 18.3 Å². The smallest absolute Gasteiger partial charge is 0.338 e. The fourth-order valence-corrected chi connectivity index (χ4v) is 2.92. The Kier molecular flexibility index (Phi) is 4.44. The summed E-state index contributed by atoms with van der Waals surface area (Å²) in [5.41, 5.74) is 1.09.